The first-order valence-corrected chi connectivity index (χ1v) is 11.4. The van der Waals surface area contributed by atoms with Gasteiger partial charge in [-0.2, -0.15) is 0 Å². The summed E-state index contributed by atoms with van der Waals surface area (Å²) in [5, 5.41) is 29.5. The van der Waals surface area contributed by atoms with E-state index in [-0.39, 0.29) is 22.5 Å². The molecule has 2 saturated carbocycles. The Bertz CT molecular complexity index is 553. The molecule has 0 aromatic carbocycles. The average Bonchev–Trinajstić information content (AvgIpc) is 2.76. The van der Waals surface area contributed by atoms with Crippen LogP contribution in [0.3, 0.4) is 0 Å². The summed E-state index contributed by atoms with van der Waals surface area (Å²) < 4.78 is 0. The quantitative estimate of drug-likeness (QED) is 0.231. The van der Waals surface area contributed by atoms with Crippen LogP contribution in [0.5, 0.6) is 0 Å². The second-order valence-electron chi connectivity index (χ2n) is 8.43. The number of rotatable bonds is 0. The smallest absolute Gasteiger partial charge is 0.140 e. The van der Waals surface area contributed by atoms with Gasteiger partial charge in [0.05, 0.1) is 11.4 Å². The standard InChI is InChI=1S/C21H35N5.CH4O2.Mn.H2O/c1-3-10-20-18(8-1)22-12-13-23-19-9-2-4-11-21(19)25-15-17-7-5-6-16(26-17)14-24-20;2-1-3;;/h5-7,18-25H,1-4,8-15H2;2-3H,1H2;;1H2/t18-,19?,20-,21-;;;/m1.../s1. The van der Waals surface area contributed by atoms with E-state index in [0.29, 0.717) is 24.2 Å². The summed E-state index contributed by atoms with van der Waals surface area (Å²) in [5.74, 6) is 0. The van der Waals surface area contributed by atoms with Crippen molar-refractivity contribution in [3.05, 3.63) is 29.6 Å². The summed E-state index contributed by atoms with van der Waals surface area (Å²) in [6.45, 7) is 3.14. The van der Waals surface area contributed by atoms with Crippen molar-refractivity contribution in [2.75, 3.05) is 19.9 Å². The minimum absolute atomic E-state index is 0. The molecule has 4 rings (SSSR count). The number of hydrogen-bond donors (Lipinski definition) is 6. The van der Waals surface area contributed by atoms with Crippen molar-refractivity contribution in [2.24, 2.45) is 0 Å². The maximum atomic E-state index is 7.12. The summed E-state index contributed by atoms with van der Waals surface area (Å²) >= 11 is 0. The van der Waals surface area contributed by atoms with E-state index in [4.69, 9.17) is 15.2 Å². The topological polar surface area (TPSA) is 133 Å². The van der Waals surface area contributed by atoms with Crippen LogP contribution in [-0.2, 0) is 30.2 Å². The first kappa shape index (κ1) is 28.4. The number of fused-ring (bicyclic) bond motifs is 4. The van der Waals surface area contributed by atoms with Gasteiger partial charge in [-0.15, -0.1) is 0 Å². The molecule has 9 heteroatoms. The molecule has 0 saturated heterocycles. The molecule has 1 radical (unpaired) electrons. The molecular formula is C22H41MnN5O3. The molecule has 2 fully saturated rings. The largest absolute Gasteiger partial charge is 0.412 e. The van der Waals surface area contributed by atoms with Gasteiger partial charge in [-0.1, -0.05) is 31.7 Å². The van der Waals surface area contributed by atoms with Crippen LogP contribution in [0.2, 0.25) is 0 Å². The van der Waals surface area contributed by atoms with E-state index in [9.17, 15) is 0 Å². The van der Waals surface area contributed by atoms with Crippen molar-refractivity contribution >= 4 is 0 Å². The van der Waals surface area contributed by atoms with E-state index in [2.05, 4.69) is 39.5 Å². The van der Waals surface area contributed by atoms with Crippen LogP contribution in [0.15, 0.2) is 18.2 Å². The van der Waals surface area contributed by atoms with Crippen molar-refractivity contribution in [3.8, 4) is 0 Å². The maximum absolute atomic E-state index is 7.12. The molecule has 31 heavy (non-hydrogen) atoms. The minimum Gasteiger partial charge on any atom is -0.412 e. The zero-order valence-electron chi connectivity index (χ0n) is 18.5. The second-order valence-corrected chi connectivity index (χ2v) is 8.43. The first-order valence-electron chi connectivity index (χ1n) is 11.4. The zero-order chi connectivity index (χ0) is 20.3. The molecule has 2 heterocycles. The summed E-state index contributed by atoms with van der Waals surface area (Å²) in [5.41, 5.74) is 2.34. The van der Waals surface area contributed by atoms with Crippen LogP contribution in [0.1, 0.15) is 62.8 Å². The predicted molar refractivity (Wildman–Crippen MR) is 119 cm³/mol. The summed E-state index contributed by atoms with van der Waals surface area (Å²) in [6.07, 6.45) is 10.5. The monoisotopic (exact) mass is 478 g/mol. The molecule has 8 nitrogen and oxygen atoms in total. The third-order valence-electron chi connectivity index (χ3n) is 6.43. The maximum Gasteiger partial charge on any atom is 0.140 e. The molecule has 2 bridgehead atoms. The van der Waals surface area contributed by atoms with Gasteiger partial charge in [0.15, 0.2) is 0 Å². The molecule has 1 aliphatic heterocycles. The molecule has 0 spiro atoms. The van der Waals surface area contributed by atoms with Crippen LogP contribution in [-0.4, -0.2) is 64.7 Å². The Morgan fingerprint density at radius 3 is 1.45 bits per heavy atom. The van der Waals surface area contributed by atoms with E-state index in [0.717, 1.165) is 26.2 Å². The molecule has 2 aliphatic carbocycles. The van der Waals surface area contributed by atoms with Crippen molar-refractivity contribution in [1.82, 2.24) is 26.3 Å². The molecule has 179 valence electrons. The molecule has 4 atom stereocenters. The van der Waals surface area contributed by atoms with E-state index >= 15 is 0 Å². The van der Waals surface area contributed by atoms with E-state index in [1.807, 2.05) is 0 Å². The average molecular weight is 479 g/mol. The van der Waals surface area contributed by atoms with Crippen molar-refractivity contribution in [1.29, 1.82) is 0 Å². The third-order valence-corrected chi connectivity index (χ3v) is 6.43. The molecule has 0 amide bonds. The number of hydrogen-bond acceptors (Lipinski definition) is 7. The fourth-order valence-corrected chi connectivity index (χ4v) is 4.95. The van der Waals surface area contributed by atoms with Gasteiger partial charge in [-0.05, 0) is 37.8 Å². The molecule has 1 unspecified atom stereocenters. The van der Waals surface area contributed by atoms with Crippen LogP contribution in [0, 0.1) is 0 Å². The Hall–Kier alpha value is -0.611. The van der Waals surface area contributed by atoms with Gasteiger partial charge in [0, 0.05) is 67.4 Å². The van der Waals surface area contributed by atoms with Gasteiger partial charge in [-0.25, -0.2) is 0 Å². The zero-order valence-corrected chi connectivity index (χ0v) is 19.6. The van der Waals surface area contributed by atoms with Gasteiger partial charge in [0.25, 0.3) is 0 Å². The van der Waals surface area contributed by atoms with Gasteiger partial charge < -0.3 is 37.0 Å². The Morgan fingerprint density at radius 1 is 0.710 bits per heavy atom. The van der Waals surface area contributed by atoms with Gasteiger partial charge in [-0.3, -0.25) is 4.98 Å². The predicted octanol–water partition coefficient (Wildman–Crippen LogP) is 0.177. The number of aliphatic hydroxyl groups excluding tert-OH is 1. The van der Waals surface area contributed by atoms with Gasteiger partial charge >= 0.3 is 0 Å². The summed E-state index contributed by atoms with van der Waals surface area (Å²) in [6, 6.07) is 8.81. The molecular weight excluding hydrogens is 437 g/mol. The number of aliphatic hydroxyl groups is 2. The van der Waals surface area contributed by atoms with Crippen LogP contribution < -0.4 is 21.3 Å². The molecule has 1 aromatic heterocycles. The van der Waals surface area contributed by atoms with Crippen molar-refractivity contribution in [3.63, 3.8) is 0 Å². The number of aromatic nitrogens is 1. The Kier molecular flexibility index (Phi) is 14.7. The van der Waals surface area contributed by atoms with Crippen LogP contribution in [0.25, 0.3) is 0 Å². The van der Waals surface area contributed by atoms with Gasteiger partial charge in [0.2, 0.25) is 0 Å². The molecule has 1 aromatic rings. The fourth-order valence-electron chi connectivity index (χ4n) is 4.95. The number of pyridine rings is 1. The Morgan fingerprint density at radius 2 is 1.06 bits per heavy atom. The van der Waals surface area contributed by atoms with Crippen molar-refractivity contribution in [2.45, 2.75) is 88.6 Å². The minimum atomic E-state index is -0.750. The second kappa shape index (κ2) is 16.1. The molecule has 8 N–H and O–H groups in total. The number of nitrogens with zero attached hydrogens (tertiary/aromatic N) is 1. The van der Waals surface area contributed by atoms with E-state index in [1.165, 1.54) is 62.8 Å². The van der Waals surface area contributed by atoms with E-state index < -0.39 is 6.79 Å². The summed E-state index contributed by atoms with van der Waals surface area (Å²) in [4.78, 5) is 4.89. The summed E-state index contributed by atoms with van der Waals surface area (Å²) in [7, 11) is 0. The third kappa shape index (κ3) is 9.42. The van der Waals surface area contributed by atoms with Crippen molar-refractivity contribution < 1.29 is 32.8 Å². The van der Waals surface area contributed by atoms with E-state index in [1.54, 1.807) is 0 Å². The van der Waals surface area contributed by atoms with Crippen LogP contribution in [0.4, 0.5) is 0 Å². The normalized spacial score (nSPS) is 29.1. The van der Waals surface area contributed by atoms with Gasteiger partial charge in [0.1, 0.15) is 6.79 Å². The first-order chi connectivity index (χ1) is 14.3. The Labute approximate surface area is 197 Å². The number of nitrogens with one attached hydrogen (secondary N) is 4. The SMILES string of the molecule is O.OCO.[Mn].c1cc2nc(c1)CN[C@@H]1CCCC[C@H]1NCCNC1CCCC[C@H]1NC2. The molecule has 3 aliphatic rings. The Balaban J connectivity index is 0.000000910. The van der Waals surface area contributed by atoms with Crippen LogP contribution >= 0.6 is 0 Å². The fraction of sp³-hybridized carbons (Fsp3) is 0.773.